The number of hydrogen-bond donors (Lipinski definition) is 0. The number of carbonyl (C=O) groups excluding carboxylic acids is 1. The Balaban J connectivity index is 1.45. The fraction of sp³-hybridized carbons (Fsp3) is 0.350. The maximum absolute atomic E-state index is 12.3. The molecule has 0 bridgehead atoms. The molecule has 126 valence electrons. The third-order valence-electron chi connectivity index (χ3n) is 4.14. The SMILES string of the molecule is O=C(c1ccccc1)c1ccc(OCCCN2CCOCC2)cc1. The van der Waals surface area contributed by atoms with Gasteiger partial charge in [0, 0.05) is 30.8 Å². The van der Waals surface area contributed by atoms with Gasteiger partial charge in [-0.2, -0.15) is 0 Å². The molecule has 3 rings (SSSR count). The van der Waals surface area contributed by atoms with Crippen molar-refractivity contribution in [2.45, 2.75) is 6.42 Å². The monoisotopic (exact) mass is 325 g/mol. The lowest BCUT2D eigenvalue weighted by molar-refractivity contribution is 0.0358. The van der Waals surface area contributed by atoms with E-state index in [9.17, 15) is 4.79 Å². The van der Waals surface area contributed by atoms with E-state index in [0.717, 1.165) is 45.0 Å². The van der Waals surface area contributed by atoms with Crippen molar-refractivity contribution in [2.24, 2.45) is 0 Å². The van der Waals surface area contributed by atoms with Crippen molar-refractivity contribution < 1.29 is 14.3 Å². The van der Waals surface area contributed by atoms with E-state index in [1.165, 1.54) is 0 Å². The number of morpholine rings is 1. The molecule has 1 saturated heterocycles. The smallest absolute Gasteiger partial charge is 0.193 e. The van der Waals surface area contributed by atoms with Crippen LogP contribution in [0.4, 0.5) is 0 Å². The van der Waals surface area contributed by atoms with Crippen molar-refractivity contribution in [2.75, 3.05) is 39.5 Å². The minimum Gasteiger partial charge on any atom is -0.494 e. The number of nitrogens with zero attached hydrogens (tertiary/aromatic N) is 1. The van der Waals surface area contributed by atoms with Gasteiger partial charge in [0.1, 0.15) is 5.75 Å². The minimum absolute atomic E-state index is 0.0365. The second kappa shape index (κ2) is 8.62. The second-order valence-corrected chi connectivity index (χ2v) is 5.88. The predicted octanol–water partition coefficient (Wildman–Crippen LogP) is 3.02. The maximum atomic E-state index is 12.3. The number of ketones is 1. The molecule has 2 aromatic rings. The van der Waals surface area contributed by atoms with Crippen molar-refractivity contribution in [1.82, 2.24) is 4.90 Å². The molecule has 0 amide bonds. The normalized spacial score (nSPS) is 15.2. The Bertz CT molecular complexity index is 634. The molecule has 0 saturated carbocycles. The summed E-state index contributed by atoms with van der Waals surface area (Å²) in [5.74, 6) is 0.844. The Hall–Kier alpha value is -2.17. The van der Waals surface area contributed by atoms with E-state index in [2.05, 4.69) is 4.90 Å². The molecule has 0 atom stereocenters. The van der Waals surface area contributed by atoms with Gasteiger partial charge in [0.2, 0.25) is 0 Å². The van der Waals surface area contributed by atoms with Crippen LogP contribution in [0, 0.1) is 0 Å². The predicted molar refractivity (Wildman–Crippen MR) is 93.7 cm³/mol. The van der Waals surface area contributed by atoms with E-state index in [1.54, 1.807) is 0 Å². The highest BCUT2D eigenvalue weighted by Crippen LogP contribution is 2.15. The lowest BCUT2D eigenvalue weighted by Gasteiger charge is -2.26. The summed E-state index contributed by atoms with van der Waals surface area (Å²) in [5, 5.41) is 0. The van der Waals surface area contributed by atoms with Gasteiger partial charge < -0.3 is 9.47 Å². The molecular weight excluding hydrogens is 302 g/mol. The molecule has 0 aromatic heterocycles. The van der Waals surface area contributed by atoms with Gasteiger partial charge in [-0.05, 0) is 30.7 Å². The molecule has 2 aromatic carbocycles. The average molecular weight is 325 g/mol. The summed E-state index contributed by atoms with van der Waals surface area (Å²) >= 11 is 0. The van der Waals surface area contributed by atoms with E-state index in [0.29, 0.717) is 17.7 Å². The molecule has 1 aliphatic rings. The van der Waals surface area contributed by atoms with Crippen molar-refractivity contribution in [1.29, 1.82) is 0 Å². The Morgan fingerprint density at radius 1 is 0.958 bits per heavy atom. The quantitative estimate of drug-likeness (QED) is 0.579. The van der Waals surface area contributed by atoms with Crippen LogP contribution in [-0.4, -0.2) is 50.1 Å². The van der Waals surface area contributed by atoms with Crippen LogP contribution < -0.4 is 4.74 Å². The van der Waals surface area contributed by atoms with Gasteiger partial charge in [-0.1, -0.05) is 30.3 Å². The van der Waals surface area contributed by atoms with Gasteiger partial charge in [-0.25, -0.2) is 0 Å². The molecule has 0 aliphatic carbocycles. The summed E-state index contributed by atoms with van der Waals surface area (Å²) in [6.45, 7) is 5.40. The Kier molecular flexibility index (Phi) is 5.99. The summed E-state index contributed by atoms with van der Waals surface area (Å²) in [4.78, 5) is 14.7. The van der Waals surface area contributed by atoms with Gasteiger partial charge in [-0.15, -0.1) is 0 Å². The third-order valence-corrected chi connectivity index (χ3v) is 4.14. The van der Waals surface area contributed by atoms with E-state index in [-0.39, 0.29) is 5.78 Å². The van der Waals surface area contributed by atoms with Crippen LogP contribution >= 0.6 is 0 Å². The highest BCUT2D eigenvalue weighted by Gasteiger charge is 2.10. The van der Waals surface area contributed by atoms with Gasteiger partial charge in [0.05, 0.1) is 19.8 Å². The van der Waals surface area contributed by atoms with Crippen LogP contribution in [0.5, 0.6) is 5.75 Å². The molecule has 0 unspecified atom stereocenters. The first-order chi connectivity index (χ1) is 11.8. The standard InChI is InChI=1S/C20H23NO3/c22-20(17-5-2-1-3-6-17)18-7-9-19(10-8-18)24-14-4-11-21-12-15-23-16-13-21/h1-3,5-10H,4,11-16H2. The van der Waals surface area contributed by atoms with Crippen molar-refractivity contribution in [3.63, 3.8) is 0 Å². The Morgan fingerprint density at radius 3 is 2.33 bits per heavy atom. The lowest BCUT2D eigenvalue weighted by Crippen LogP contribution is -2.37. The Labute approximate surface area is 143 Å². The first-order valence-corrected chi connectivity index (χ1v) is 8.46. The van der Waals surface area contributed by atoms with E-state index < -0.39 is 0 Å². The van der Waals surface area contributed by atoms with Gasteiger partial charge in [0.15, 0.2) is 5.78 Å². The first-order valence-electron chi connectivity index (χ1n) is 8.46. The van der Waals surface area contributed by atoms with Gasteiger partial charge in [-0.3, -0.25) is 9.69 Å². The molecule has 1 aliphatic heterocycles. The third kappa shape index (κ3) is 4.66. The van der Waals surface area contributed by atoms with Crippen molar-refractivity contribution in [3.8, 4) is 5.75 Å². The fourth-order valence-electron chi connectivity index (χ4n) is 2.76. The van der Waals surface area contributed by atoms with Gasteiger partial charge >= 0.3 is 0 Å². The highest BCUT2D eigenvalue weighted by molar-refractivity contribution is 6.08. The molecule has 0 N–H and O–H groups in total. The topological polar surface area (TPSA) is 38.8 Å². The number of ether oxygens (including phenoxy) is 2. The van der Waals surface area contributed by atoms with Crippen molar-refractivity contribution >= 4 is 5.78 Å². The van der Waals surface area contributed by atoms with E-state index >= 15 is 0 Å². The number of hydrogen-bond acceptors (Lipinski definition) is 4. The largest absolute Gasteiger partial charge is 0.494 e. The lowest BCUT2D eigenvalue weighted by atomic mass is 10.0. The summed E-state index contributed by atoms with van der Waals surface area (Å²) in [5.41, 5.74) is 1.39. The van der Waals surface area contributed by atoms with E-state index in [4.69, 9.17) is 9.47 Å². The minimum atomic E-state index is 0.0365. The van der Waals surface area contributed by atoms with Crippen LogP contribution in [0.1, 0.15) is 22.3 Å². The summed E-state index contributed by atoms with van der Waals surface area (Å²) < 4.78 is 11.1. The fourth-order valence-corrected chi connectivity index (χ4v) is 2.76. The molecule has 4 heteroatoms. The summed E-state index contributed by atoms with van der Waals surface area (Å²) in [6.07, 6.45) is 0.991. The Morgan fingerprint density at radius 2 is 1.62 bits per heavy atom. The second-order valence-electron chi connectivity index (χ2n) is 5.88. The highest BCUT2D eigenvalue weighted by atomic mass is 16.5. The maximum Gasteiger partial charge on any atom is 0.193 e. The van der Waals surface area contributed by atoms with Crippen LogP contribution in [0.3, 0.4) is 0 Å². The zero-order chi connectivity index (χ0) is 16.6. The van der Waals surface area contributed by atoms with E-state index in [1.807, 2.05) is 54.6 Å². The number of carbonyl (C=O) groups is 1. The number of benzene rings is 2. The zero-order valence-electron chi connectivity index (χ0n) is 13.8. The molecule has 24 heavy (non-hydrogen) atoms. The molecular formula is C20H23NO3. The van der Waals surface area contributed by atoms with Crippen molar-refractivity contribution in [3.05, 3.63) is 65.7 Å². The van der Waals surface area contributed by atoms with Crippen LogP contribution in [-0.2, 0) is 4.74 Å². The number of rotatable bonds is 7. The first kappa shape index (κ1) is 16.7. The average Bonchev–Trinajstić information content (AvgIpc) is 2.67. The molecule has 1 fully saturated rings. The zero-order valence-corrected chi connectivity index (χ0v) is 13.8. The molecule has 0 spiro atoms. The van der Waals surface area contributed by atoms with Crippen LogP contribution in [0.15, 0.2) is 54.6 Å². The van der Waals surface area contributed by atoms with Crippen LogP contribution in [0.25, 0.3) is 0 Å². The molecule has 4 nitrogen and oxygen atoms in total. The summed E-state index contributed by atoms with van der Waals surface area (Å²) in [7, 11) is 0. The molecule has 0 radical (unpaired) electrons. The van der Waals surface area contributed by atoms with Gasteiger partial charge in [0.25, 0.3) is 0 Å². The summed E-state index contributed by atoms with van der Waals surface area (Å²) in [6, 6.07) is 16.7. The van der Waals surface area contributed by atoms with Crippen LogP contribution in [0.2, 0.25) is 0 Å². The molecule has 1 heterocycles.